The van der Waals surface area contributed by atoms with Crippen molar-refractivity contribution in [1.82, 2.24) is 10.2 Å². The van der Waals surface area contributed by atoms with Gasteiger partial charge < -0.3 is 15.0 Å². The predicted octanol–water partition coefficient (Wildman–Crippen LogP) is 1.60. The number of amides is 2. The van der Waals surface area contributed by atoms with E-state index in [2.05, 4.69) is 23.5 Å². The third-order valence-corrected chi connectivity index (χ3v) is 4.71. The molecule has 1 unspecified atom stereocenters. The van der Waals surface area contributed by atoms with Crippen molar-refractivity contribution in [3.63, 3.8) is 0 Å². The van der Waals surface area contributed by atoms with Crippen molar-refractivity contribution in [2.24, 2.45) is 0 Å². The molecule has 5 heteroatoms. The molecular weight excluding hydrogens is 292 g/mol. The third kappa shape index (κ3) is 3.72. The number of carbonyl (C=O) groups is 2. The van der Waals surface area contributed by atoms with Crippen LogP contribution in [0.1, 0.15) is 42.5 Å². The Labute approximate surface area is 137 Å². The molecule has 1 heterocycles. The second kappa shape index (κ2) is 7.13. The highest BCUT2D eigenvalue weighted by molar-refractivity contribution is 6.35. The van der Waals surface area contributed by atoms with Gasteiger partial charge in [0.25, 0.3) is 0 Å². The summed E-state index contributed by atoms with van der Waals surface area (Å²) in [4.78, 5) is 25.9. The lowest BCUT2D eigenvalue weighted by Gasteiger charge is -2.27. The summed E-state index contributed by atoms with van der Waals surface area (Å²) in [6.07, 6.45) is 4.74. The van der Waals surface area contributed by atoms with Crippen molar-refractivity contribution >= 4 is 11.8 Å². The van der Waals surface area contributed by atoms with Crippen molar-refractivity contribution in [2.45, 2.75) is 38.6 Å². The third-order valence-electron chi connectivity index (χ3n) is 4.71. The van der Waals surface area contributed by atoms with Crippen LogP contribution >= 0.6 is 0 Å². The Kier molecular flexibility index (Phi) is 4.96. The van der Waals surface area contributed by atoms with Gasteiger partial charge in [-0.3, -0.25) is 9.59 Å². The van der Waals surface area contributed by atoms with Crippen LogP contribution in [0.15, 0.2) is 18.2 Å². The van der Waals surface area contributed by atoms with Gasteiger partial charge in [0.1, 0.15) is 0 Å². The van der Waals surface area contributed by atoms with E-state index in [1.807, 2.05) is 6.92 Å². The predicted molar refractivity (Wildman–Crippen MR) is 87.0 cm³/mol. The number of carbonyl (C=O) groups excluding carboxylic acids is 2. The smallest absolute Gasteiger partial charge is 0.312 e. The van der Waals surface area contributed by atoms with Crippen LogP contribution in [0, 0.1) is 0 Å². The number of aryl methyl sites for hydroxylation is 2. The summed E-state index contributed by atoms with van der Waals surface area (Å²) in [6.45, 7) is 3.90. The first kappa shape index (κ1) is 16.0. The Bertz CT molecular complexity index is 594. The van der Waals surface area contributed by atoms with Crippen molar-refractivity contribution in [1.29, 1.82) is 0 Å². The maximum Gasteiger partial charge on any atom is 0.312 e. The van der Waals surface area contributed by atoms with Gasteiger partial charge in [0.2, 0.25) is 0 Å². The van der Waals surface area contributed by atoms with Crippen LogP contribution in [0.3, 0.4) is 0 Å². The second-order valence-corrected chi connectivity index (χ2v) is 6.33. The Morgan fingerprint density at radius 1 is 1.13 bits per heavy atom. The molecule has 0 saturated carbocycles. The quantitative estimate of drug-likeness (QED) is 0.843. The second-order valence-electron chi connectivity index (χ2n) is 6.33. The van der Waals surface area contributed by atoms with Gasteiger partial charge in [-0.15, -0.1) is 0 Å². The fraction of sp³-hybridized carbons (Fsp3) is 0.556. The maximum atomic E-state index is 12.2. The lowest BCUT2D eigenvalue weighted by Crippen LogP contribution is -2.48. The standard InChI is InChI=1S/C18H24N2O3/c1-13(15-7-6-14-4-2-3-5-16(14)12-15)19-17(21)18(22)20-8-10-23-11-9-20/h6-7,12-13H,2-5,8-11H2,1H3,(H,19,21). The molecule has 0 bridgehead atoms. The summed E-state index contributed by atoms with van der Waals surface area (Å²) >= 11 is 0. The number of ether oxygens (including phenoxy) is 1. The molecule has 23 heavy (non-hydrogen) atoms. The Morgan fingerprint density at radius 2 is 1.83 bits per heavy atom. The molecule has 2 aliphatic rings. The van der Waals surface area contributed by atoms with Crippen LogP contribution in [-0.4, -0.2) is 43.0 Å². The minimum atomic E-state index is -0.530. The van der Waals surface area contributed by atoms with E-state index in [1.165, 1.54) is 24.0 Å². The molecule has 5 nitrogen and oxygen atoms in total. The molecule has 1 N–H and O–H groups in total. The first-order chi connectivity index (χ1) is 11.1. The average molecular weight is 316 g/mol. The first-order valence-corrected chi connectivity index (χ1v) is 8.44. The minimum Gasteiger partial charge on any atom is -0.378 e. The topological polar surface area (TPSA) is 58.6 Å². The van der Waals surface area contributed by atoms with E-state index in [-0.39, 0.29) is 6.04 Å². The van der Waals surface area contributed by atoms with Gasteiger partial charge in [0, 0.05) is 13.1 Å². The summed E-state index contributed by atoms with van der Waals surface area (Å²) in [5.74, 6) is -0.991. The number of nitrogens with zero attached hydrogens (tertiary/aromatic N) is 1. The largest absolute Gasteiger partial charge is 0.378 e. The molecule has 1 aromatic rings. The van der Waals surface area contributed by atoms with E-state index < -0.39 is 11.8 Å². The molecule has 1 aliphatic heterocycles. The molecule has 1 atom stereocenters. The minimum absolute atomic E-state index is 0.167. The van der Waals surface area contributed by atoms with Crippen LogP contribution in [0.25, 0.3) is 0 Å². The average Bonchev–Trinajstić information content (AvgIpc) is 2.61. The monoisotopic (exact) mass is 316 g/mol. The number of fused-ring (bicyclic) bond motifs is 1. The molecule has 2 amide bonds. The highest BCUT2D eigenvalue weighted by Gasteiger charge is 2.25. The van der Waals surface area contributed by atoms with Crippen molar-refractivity contribution in [3.8, 4) is 0 Å². The van der Waals surface area contributed by atoms with E-state index in [4.69, 9.17) is 4.74 Å². The van der Waals surface area contributed by atoms with Crippen molar-refractivity contribution in [2.75, 3.05) is 26.3 Å². The zero-order valence-electron chi connectivity index (χ0n) is 13.6. The van der Waals surface area contributed by atoms with Crippen LogP contribution in [-0.2, 0) is 27.2 Å². The molecule has 124 valence electrons. The maximum absolute atomic E-state index is 12.2. The van der Waals surface area contributed by atoms with Crippen LogP contribution in [0.4, 0.5) is 0 Å². The van der Waals surface area contributed by atoms with Gasteiger partial charge in [-0.05, 0) is 49.3 Å². The molecule has 0 spiro atoms. The molecule has 0 radical (unpaired) electrons. The zero-order chi connectivity index (χ0) is 16.2. The fourth-order valence-electron chi connectivity index (χ4n) is 3.27. The van der Waals surface area contributed by atoms with E-state index in [1.54, 1.807) is 4.90 Å². The van der Waals surface area contributed by atoms with Gasteiger partial charge >= 0.3 is 11.8 Å². The van der Waals surface area contributed by atoms with Crippen molar-refractivity contribution in [3.05, 3.63) is 34.9 Å². The molecule has 1 fully saturated rings. The first-order valence-electron chi connectivity index (χ1n) is 8.44. The summed E-state index contributed by atoms with van der Waals surface area (Å²) in [5, 5.41) is 2.83. The van der Waals surface area contributed by atoms with Crippen LogP contribution in [0.2, 0.25) is 0 Å². The number of hydrogen-bond donors (Lipinski definition) is 1. The number of nitrogens with one attached hydrogen (secondary N) is 1. The lowest BCUT2D eigenvalue weighted by atomic mass is 9.89. The number of morpholine rings is 1. The van der Waals surface area contributed by atoms with Gasteiger partial charge in [0.05, 0.1) is 19.3 Å². The van der Waals surface area contributed by atoms with Gasteiger partial charge in [-0.25, -0.2) is 0 Å². The van der Waals surface area contributed by atoms with Crippen molar-refractivity contribution < 1.29 is 14.3 Å². The summed E-state index contributed by atoms with van der Waals surface area (Å²) in [5.41, 5.74) is 3.87. The highest BCUT2D eigenvalue weighted by Crippen LogP contribution is 2.24. The number of rotatable bonds is 2. The van der Waals surface area contributed by atoms with Gasteiger partial charge in [-0.1, -0.05) is 18.2 Å². The van der Waals surface area contributed by atoms with E-state index in [0.29, 0.717) is 26.3 Å². The molecule has 3 rings (SSSR count). The SMILES string of the molecule is CC(NC(=O)C(=O)N1CCOCC1)c1ccc2c(c1)CCCC2. The summed E-state index contributed by atoms with van der Waals surface area (Å²) in [7, 11) is 0. The zero-order valence-corrected chi connectivity index (χ0v) is 13.6. The van der Waals surface area contributed by atoms with E-state index in [9.17, 15) is 9.59 Å². The molecule has 1 aromatic carbocycles. The van der Waals surface area contributed by atoms with Crippen LogP contribution < -0.4 is 5.32 Å². The normalized spacial score (nSPS) is 18.9. The molecular formula is C18H24N2O3. The number of hydrogen-bond acceptors (Lipinski definition) is 3. The van der Waals surface area contributed by atoms with Gasteiger partial charge in [-0.2, -0.15) is 0 Å². The lowest BCUT2D eigenvalue weighted by molar-refractivity contribution is -0.148. The Hall–Kier alpha value is -1.88. The fourth-order valence-corrected chi connectivity index (χ4v) is 3.27. The van der Waals surface area contributed by atoms with Crippen LogP contribution in [0.5, 0.6) is 0 Å². The molecule has 1 aliphatic carbocycles. The van der Waals surface area contributed by atoms with E-state index >= 15 is 0 Å². The summed E-state index contributed by atoms with van der Waals surface area (Å²) < 4.78 is 5.21. The van der Waals surface area contributed by atoms with E-state index in [0.717, 1.165) is 18.4 Å². The molecule has 1 saturated heterocycles. The Morgan fingerprint density at radius 3 is 2.57 bits per heavy atom. The Balaban J connectivity index is 1.62. The highest BCUT2D eigenvalue weighted by atomic mass is 16.5. The number of benzene rings is 1. The summed E-state index contributed by atoms with van der Waals surface area (Å²) in [6, 6.07) is 6.24. The molecule has 0 aromatic heterocycles. The van der Waals surface area contributed by atoms with Gasteiger partial charge in [0.15, 0.2) is 0 Å².